The molecule has 3 rings (SSSR count). The van der Waals surface area contributed by atoms with Crippen molar-refractivity contribution < 1.29 is 18.7 Å². The largest absolute Gasteiger partial charge is 0.465 e. The summed E-state index contributed by atoms with van der Waals surface area (Å²) in [6, 6.07) is 5.37. The van der Waals surface area contributed by atoms with E-state index < -0.39 is 17.5 Å². The van der Waals surface area contributed by atoms with Gasteiger partial charge in [-0.25, -0.2) is 9.18 Å². The lowest BCUT2D eigenvalue weighted by atomic mass is 10.1. The topological polar surface area (TPSA) is 83.6 Å². The Labute approximate surface area is 118 Å². The molecule has 0 saturated carbocycles. The number of amides is 1. The first-order valence-electron chi connectivity index (χ1n) is 6.31. The molecule has 2 heterocycles. The summed E-state index contributed by atoms with van der Waals surface area (Å²) in [5.74, 6) is -0.0509. The van der Waals surface area contributed by atoms with Crippen molar-refractivity contribution >= 4 is 6.09 Å². The third-order valence-electron chi connectivity index (χ3n) is 3.35. The summed E-state index contributed by atoms with van der Waals surface area (Å²) in [4.78, 5) is 28.0. The molecule has 108 valence electrons. The highest BCUT2D eigenvalue weighted by Crippen LogP contribution is 2.22. The molecule has 0 spiro atoms. The van der Waals surface area contributed by atoms with Crippen LogP contribution in [0.3, 0.4) is 0 Å². The highest BCUT2D eigenvalue weighted by Gasteiger charge is 2.25. The molecule has 6 nitrogen and oxygen atoms in total. The summed E-state index contributed by atoms with van der Waals surface area (Å²) in [5.41, 5.74) is 0.433. The molecule has 1 aliphatic heterocycles. The fourth-order valence-corrected chi connectivity index (χ4v) is 2.23. The second kappa shape index (κ2) is 5.01. The van der Waals surface area contributed by atoms with Crippen LogP contribution in [0.4, 0.5) is 9.18 Å². The quantitative estimate of drug-likeness (QED) is 0.867. The number of rotatable bonds is 1. The number of nitrogens with zero attached hydrogens (tertiary/aromatic N) is 2. The number of benzene rings is 1. The van der Waals surface area contributed by atoms with Crippen molar-refractivity contribution in [2.75, 3.05) is 6.54 Å². The Morgan fingerprint density at radius 2 is 2.05 bits per heavy atom. The molecule has 0 atom stereocenters. The SMILES string of the molecule is O=C(O)N1CCc2c(oc(-c3ccc(F)cc3)nc2=O)C1. The maximum Gasteiger partial charge on any atom is 0.407 e. The van der Waals surface area contributed by atoms with Gasteiger partial charge in [-0.1, -0.05) is 0 Å². The first-order valence-corrected chi connectivity index (χ1v) is 6.31. The first kappa shape index (κ1) is 13.3. The van der Waals surface area contributed by atoms with Gasteiger partial charge in [-0.05, 0) is 30.7 Å². The molecule has 7 heteroatoms. The molecule has 2 aromatic rings. The fraction of sp³-hybridized carbons (Fsp3) is 0.214. The van der Waals surface area contributed by atoms with Crippen LogP contribution in [0.25, 0.3) is 11.5 Å². The van der Waals surface area contributed by atoms with Crippen LogP contribution < -0.4 is 5.56 Å². The Bertz CT molecular complexity index is 755. The summed E-state index contributed by atoms with van der Waals surface area (Å²) in [7, 11) is 0. The molecule has 0 unspecified atom stereocenters. The van der Waals surface area contributed by atoms with E-state index in [9.17, 15) is 14.0 Å². The van der Waals surface area contributed by atoms with E-state index in [1.807, 2.05) is 0 Å². The molecule has 0 aliphatic carbocycles. The van der Waals surface area contributed by atoms with Gasteiger partial charge in [-0.15, -0.1) is 0 Å². The monoisotopic (exact) mass is 290 g/mol. The van der Waals surface area contributed by atoms with Gasteiger partial charge in [-0.3, -0.25) is 4.79 Å². The molecule has 1 aliphatic rings. The van der Waals surface area contributed by atoms with Crippen molar-refractivity contribution in [1.29, 1.82) is 0 Å². The lowest BCUT2D eigenvalue weighted by Crippen LogP contribution is -2.37. The zero-order valence-electron chi connectivity index (χ0n) is 10.9. The van der Waals surface area contributed by atoms with Gasteiger partial charge in [0.1, 0.15) is 11.6 Å². The van der Waals surface area contributed by atoms with E-state index in [0.717, 1.165) is 0 Å². The van der Waals surface area contributed by atoms with E-state index in [4.69, 9.17) is 9.52 Å². The first-order chi connectivity index (χ1) is 10.0. The smallest absolute Gasteiger partial charge is 0.407 e. The molecule has 0 radical (unpaired) electrons. The summed E-state index contributed by atoms with van der Waals surface area (Å²) in [6.07, 6.45) is -0.788. The van der Waals surface area contributed by atoms with Crippen molar-refractivity contribution in [3.63, 3.8) is 0 Å². The summed E-state index contributed by atoms with van der Waals surface area (Å²) in [6.45, 7) is 0.251. The van der Waals surface area contributed by atoms with Crippen molar-refractivity contribution in [2.24, 2.45) is 0 Å². The molecule has 21 heavy (non-hydrogen) atoms. The Morgan fingerprint density at radius 1 is 1.33 bits per heavy atom. The summed E-state index contributed by atoms with van der Waals surface area (Å²) >= 11 is 0. The minimum atomic E-state index is -1.07. The fourth-order valence-electron chi connectivity index (χ4n) is 2.23. The van der Waals surface area contributed by atoms with Crippen LogP contribution in [-0.2, 0) is 13.0 Å². The zero-order valence-corrected chi connectivity index (χ0v) is 10.9. The van der Waals surface area contributed by atoms with Crippen LogP contribution in [-0.4, -0.2) is 27.6 Å². The molecule has 1 aromatic heterocycles. The number of carbonyl (C=O) groups is 1. The van der Waals surface area contributed by atoms with Crippen LogP contribution in [0, 0.1) is 5.82 Å². The average Bonchev–Trinajstić information content (AvgIpc) is 2.47. The molecule has 0 bridgehead atoms. The van der Waals surface area contributed by atoms with Gasteiger partial charge in [0.25, 0.3) is 5.56 Å². The molecule has 0 saturated heterocycles. The van der Waals surface area contributed by atoms with E-state index in [1.165, 1.54) is 29.2 Å². The van der Waals surface area contributed by atoms with E-state index in [0.29, 0.717) is 16.9 Å². The van der Waals surface area contributed by atoms with E-state index in [1.54, 1.807) is 0 Å². The van der Waals surface area contributed by atoms with E-state index in [2.05, 4.69) is 4.98 Å². The number of carboxylic acid groups (broad SMARTS) is 1. The van der Waals surface area contributed by atoms with Crippen molar-refractivity contribution in [3.8, 4) is 11.5 Å². The second-order valence-corrected chi connectivity index (χ2v) is 4.69. The van der Waals surface area contributed by atoms with Crippen LogP contribution in [0.1, 0.15) is 11.3 Å². The van der Waals surface area contributed by atoms with Gasteiger partial charge in [-0.2, -0.15) is 4.98 Å². The zero-order chi connectivity index (χ0) is 15.0. The predicted molar refractivity (Wildman–Crippen MR) is 70.3 cm³/mol. The number of hydrogen-bond acceptors (Lipinski definition) is 4. The number of fused-ring (bicyclic) bond motifs is 1. The minimum absolute atomic E-state index is 0.0105. The third kappa shape index (κ3) is 2.49. The van der Waals surface area contributed by atoms with E-state index in [-0.39, 0.29) is 25.4 Å². The molecular formula is C14H11FN2O4. The van der Waals surface area contributed by atoms with Gasteiger partial charge < -0.3 is 14.4 Å². The second-order valence-electron chi connectivity index (χ2n) is 4.69. The molecule has 1 amide bonds. The Hall–Kier alpha value is -2.70. The third-order valence-corrected chi connectivity index (χ3v) is 3.35. The Kier molecular flexibility index (Phi) is 3.17. The van der Waals surface area contributed by atoms with E-state index >= 15 is 0 Å². The maximum absolute atomic E-state index is 12.9. The lowest BCUT2D eigenvalue weighted by molar-refractivity contribution is 0.134. The standard InChI is InChI=1S/C14H11FN2O4/c15-9-3-1-8(2-4-9)13-16-12(18)10-5-6-17(14(19)20)7-11(10)21-13/h1-4H,5-7H2,(H,19,20). The minimum Gasteiger partial charge on any atom is -0.465 e. The average molecular weight is 290 g/mol. The molecular weight excluding hydrogens is 279 g/mol. The normalized spacial score (nSPS) is 13.9. The molecule has 1 N–H and O–H groups in total. The predicted octanol–water partition coefficient (Wildman–Crippen LogP) is 1.88. The highest BCUT2D eigenvalue weighted by atomic mass is 19.1. The van der Waals surface area contributed by atoms with Crippen LogP contribution in [0.5, 0.6) is 0 Å². The van der Waals surface area contributed by atoms with Crippen molar-refractivity contribution in [1.82, 2.24) is 9.88 Å². The van der Waals surface area contributed by atoms with Crippen molar-refractivity contribution in [3.05, 3.63) is 51.8 Å². The van der Waals surface area contributed by atoms with Gasteiger partial charge in [0.2, 0.25) is 5.89 Å². The lowest BCUT2D eigenvalue weighted by Gasteiger charge is -2.24. The van der Waals surface area contributed by atoms with Gasteiger partial charge in [0.05, 0.1) is 12.1 Å². The van der Waals surface area contributed by atoms with Gasteiger partial charge in [0.15, 0.2) is 0 Å². The number of hydrogen-bond donors (Lipinski definition) is 1. The maximum atomic E-state index is 12.9. The van der Waals surface area contributed by atoms with Crippen molar-refractivity contribution in [2.45, 2.75) is 13.0 Å². The molecule has 1 aromatic carbocycles. The highest BCUT2D eigenvalue weighted by molar-refractivity contribution is 5.65. The van der Waals surface area contributed by atoms with Crippen LogP contribution in [0.15, 0.2) is 33.5 Å². The summed E-state index contributed by atoms with van der Waals surface area (Å²) in [5, 5.41) is 9.00. The van der Waals surface area contributed by atoms with Gasteiger partial charge in [0, 0.05) is 12.1 Å². The Morgan fingerprint density at radius 3 is 2.71 bits per heavy atom. The summed E-state index contributed by atoms with van der Waals surface area (Å²) < 4.78 is 18.5. The van der Waals surface area contributed by atoms with Crippen LogP contribution in [0.2, 0.25) is 0 Å². The van der Waals surface area contributed by atoms with Crippen LogP contribution >= 0.6 is 0 Å². The number of aromatic nitrogens is 1. The Balaban J connectivity index is 2.04. The number of halogens is 1. The van der Waals surface area contributed by atoms with Gasteiger partial charge >= 0.3 is 6.09 Å². The molecule has 0 fully saturated rings.